The van der Waals surface area contributed by atoms with Crippen molar-refractivity contribution in [2.24, 2.45) is 5.18 Å². The molecule has 1 rings (SSSR count). The first-order valence-corrected chi connectivity index (χ1v) is 9.18. The molecule has 0 atom stereocenters. The van der Waals surface area contributed by atoms with Gasteiger partial charge in [0.25, 0.3) is 0 Å². The number of benzene rings is 1. The van der Waals surface area contributed by atoms with Crippen LogP contribution in [-0.4, -0.2) is 8.32 Å². The maximum Gasteiger partial charge on any atom is 0.192 e. The monoisotopic (exact) mass is 265 g/mol. The van der Waals surface area contributed by atoms with Crippen LogP contribution in [0.1, 0.15) is 31.9 Å². The van der Waals surface area contributed by atoms with Crippen LogP contribution in [-0.2, 0) is 17.6 Å². The lowest BCUT2D eigenvalue weighted by molar-refractivity contribution is 0.276. The van der Waals surface area contributed by atoms with Crippen molar-refractivity contribution in [1.82, 2.24) is 0 Å². The first kappa shape index (κ1) is 15.1. The number of hydrogen-bond donors (Lipinski definition) is 0. The molecule has 0 unspecified atom stereocenters. The zero-order chi connectivity index (χ0) is 13.8. The second-order valence-corrected chi connectivity index (χ2v) is 11.0. The normalized spacial score (nSPS) is 12.5. The van der Waals surface area contributed by atoms with E-state index in [1.165, 1.54) is 0 Å². The molecule has 0 amide bonds. The fourth-order valence-corrected chi connectivity index (χ4v) is 2.26. The van der Waals surface area contributed by atoms with Gasteiger partial charge in [0.05, 0.1) is 6.61 Å². The summed E-state index contributed by atoms with van der Waals surface area (Å²) in [5.74, 6) is 0. The summed E-state index contributed by atoms with van der Waals surface area (Å²) in [5.41, 5.74) is 2.09. The summed E-state index contributed by atoms with van der Waals surface area (Å²) >= 11 is 0. The van der Waals surface area contributed by atoms with Crippen LogP contribution in [0.2, 0.25) is 18.1 Å². The summed E-state index contributed by atoms with van der Waals surface area (Å²) in [7, 11) is -1.68. The maximum absolute atomic E-state index is 10.2. The molecule has 0 bridgehead atoms. The smallest absolute Gasteiger partial charge is 0.192 e. The Labute approximate surface area is 111 Å². The van der Waals surface area contributed by atoms with Crippen LogP contribution in [0, 0.1) is 4.91 Å². The molecule has 0 saturated carbocycles. The molecule has 18 heavy (non-hydrogen) atoms. The summed E-state index contributed by atoms with van der Waals surface area (Å²) in [5, 5.41) is 3.11. The lowest BCUT2D eigenvalue weighted by Crippen LogP contribution is -2.40. The predicted octanol–water partition coefficient (Wildman–Crippen LogP) is 4.47. The van der Waals surface area contributed by atoms with E-state index in [2.05, 4.69) is 39.0 Å². The predicted molar refractivity (Wildman–Crippen MR) is 77.9 cm³/mol. The SMILES string of the molecule is CC(C)(C)[Si](C)(C)OCc1ccc(CN=O)cc1. The first-order valence-electron chi connectivity index (χ1n) is 6.27. The van der Waals surface area contributed by atoms with Crippen molar-refractivity contribution < 1.29 is 4.43 Å². The van der Waals surface area contributed by atoms with Gasteiger partial charge >= 0.3 is 0 Å². The third-order valence-corrected chi connectivity index (χ3v) is 8.15. The zero-order valence-electron chi connectivity index (χ0n) is 12.0. The highest BCUT2D eigenvalue weighted by molar-refractivity contribution is 6.74. The molecule has 1 aromatic rings. The third kappa shape index (κ3) is 4.03. The maximum atomic E-state index is 10.2. The molecule has 0 aliphatic carbocycles. The fourth-order valence-electron chi connectivity index (χ4n) is 1.30. The van der Waals surface area contributed by atoms with Crippen molar-refractivity contribution >= 4 is 8.32 Å². The van der Waals surface area contributed by atoms with Gasteiger partial charge in [-0.05, 0) is 29.3 Å². The van der Waals surface area contributed by atoms with E-state index in [9.17, 15) is 4.91 Å². The molecule has 0 aliphatic heterocycles. The van der Waals surface area contributed by atoms with Crippen molar-refractivity contribution in [1.29, 1.82) is 0 Å². The molecule has 1 aromatic carbocycles. The van der Waals surface area contributed by atoms with E-state index >= 15 is 0 Å². The summed E-state index contributed by atoms with van der Waals surface area (Å²) in [6, 6.07) is 7.89. The number of nitrogens with zero attached hydrogens (tertiary/aromatic N) is 1. The number of nitroso groups, excluding NO2 is 1. The van der Waals surface area contributed by atoms with Gasteiger partial charge in [-0.25, -0.2) is 0 Å². The van der Waals surface area contributed by atoms with Crippen molar-refractivity contribution in [2.45, 2.75) is 52.1 Å². The molecule has 3 nitrogen and oxygen atoms in total. The second-order valence-electron chi connectivity index (χ2n) is 6.15. The average Bonchev–Trinajstić information content (AvgIpc) is 2.27. The molecular weight excluding hydrogens is 242 g/mol. The van der Waals surface area contributed by atoms with Crippen LogP contribution in [0.4, 0.5) is 0 Å². The molecule has 0 radical (unpaired) electrons. The van der Waals surface area contributed by atoms with E-state index in [4.69, 9.17) is 4.43 Å². The second kappa shape index (κ2) is 5.76. The van der Waals surface area contributed by atoms with Crippen LogP contribution in [0.3, 0.4) is 0 Å². The first-order chi connectivity index (χ1) is 8.26. The van der Waals surface area contributed by atoms with Gasteiger partial charge in [0.1, 0.15) is 6.54 Å². The van der Waals surface area contributed by atoms with Crippen molar-refractivity contribution in [3.05, 3.63) is 40.3 Å². The van der Waals surface area contributed by atoms with E-state index in [1.807, 2.05) is 24.3 Å². The Kier molecular flexibility index (Phi) is 4.82. The molecule has 100 valence electrons. The van der Waals surface area contributed by atoms with Gasteiger partial charge < -0.3 is 4.43 Å². The van der Waals surface area contributed by atoms with Gasteiger partial charge in [0.15, 0.2) is 8.32 Å². The third-order valence-electron chi connectivity index (χ3n) is 3.68. The highest BCUT2D eigenvalue weighted by atomic mass is 28.4. The van der Waals surface area contributed by atoms with E-state index < -0.39 is 8.32 Å². The average molecular weight is 265 g/mol. The molecular formula is C14H23NO2Si. The van der Waals surface area contributed by atoms with Gasteiger partial charge in [-0.2, -0.15) is 4.91 Å². The number of rotatable bonds is 5. The molecule has 0 spiro atoms. The van der Waals surface area contributed by atoms with Crippen molar-refractivity contribution in [2.75, 3.05) is 0 Å². The van der Waals surface area contributed by atoms with E-state index in [0.29, 0.717) is 6.61 Å². The lowest BCUT2D eigenvalue weighted by atomic mass is 10.1. The highest BCUT2D eigenvalue weighted by Crippen LogP contribution is 2.37. The van der Waals surface area contributed by atoms with Gasteiger partial charge in [0, 0.05) is 0 Å². The fraction of sp³-hybridized carbons (Fsp3) is 0.571. The zero-order valence-corrected chi connectivity index (χ0v) is 13.0. The van der Waals surface area contributed by atoms with E-state index in [0.717, 1.165) is 11.1 Å². The Balaban J connectivity index is 2.61. The lowest BCUT2D eigenvalue weighted by Gasteiger charge is -2.36. The van der Waals surface area contributed by atoms with Gasteiger partial charge in [-0.15, -0.1) is 0 Å². The summed E-state index contributed by atoms with van der Waals surface area (Å²) in [6.45, 7) is 12.1. The summed E-state index contributed by atoms with van der Waals surface area (Å²) in [6.07, 6.45) is 0. The van der Waals surface area contributed by atoms with Crippen LogP contribution in [0.5, 0.6) is 0 Å². The van der Waals surface area contributed by atoms with Gasteiger partial charge in [-0.3, -0.25) is 0 Å². The number of hydrogen-bond acceptors (Lipinski definition) is 3. The standard InChI is InChI=1S/C14H23NO2Si/c1-14(2,3)18(4,5)17-11-13-8-6-12(7-9-13)10-15-16/h6-9H,10-11H2,1-5H3. The van der Waals surface area contributed by atoms with Crippen LogP contribution < -0.4 is 0 Å². The quantitative estimate of drug-likeness (QED) is 0.582. The van der Waals surface area contributed by atoms with Crippen molar-refractivity contribution in [3.8, 4) is 0 Å². The van der Waals surface area contributed by atoms with E-state index in [-0.39, 0.29) is 11.6 Å². The molecule has 0 aromatic heterocycles. The molecule has 0 saturated heterocycles. The van der Waals surface area contributed by atoms with Gasteiger partial charge in [-0.1, -0.05) is 50.2 Å². The molecule has 4 heteroatoms. The van der Waals surface area contributed by atoms with Crippen LogP contribution >= 0.6 is 0 Å². The molecule has 0 fully saturated rings. The Morgan fingerprint density at radius 3 is 2.06 bits per heavy atom. The topological polar surface area (TPSA) is 38.7 Å². The van der Waals surface area contributed by atoms with Crippen molar-refractivity contribution in [3.63, 3.8) is 0 Å². The Morgan fingerprint density at radius 2 is 1.61 bits per heavy atom. The molecule has 0 aliphatic rings. The van der Waals surface area contributed by atoms with Gasteiger partial charge in [0.2, 0.25) is 0 Å². The Bertz CT molecular complexity index is 393. The summed E-state index contributed by atoms with van der Waals surface area (Å²) < 4.78 is 6.13. The minimum absolute atomic E-state index is 0.231. The van der Waals surface area contributed by atoms with Crippen LogP contribution in [0.25, 0.3) is 0 Å². The van der Waals surface area contributed by atoms with Crippen LogP contribution in [0.15, 0.2) is 29.4 Å². The minimum Gasteiger partial charge on any atom is -0.413 e. The highest BCUT2D eigenvalue weighted by Gasteiger charge is 2.36. The minimum atomic E-state index is -1.68. The largest absolute Gasteiger partial charge is 0.413 e. The molecule has 0 heterocycles. The Hall–Kier alpha value is -1.00. The summed E-state index contributed by atoms with van der Waals surface area (Å²) in [4.78, 5) is 10.2. The Morgan fingerprint density at radius 1 is 1.11 bits per heavy atom. The molecule has 0 N–H and O–H groups in total. The van der Waals surface area contributed by atoms with E-state index in [1.54, 1.807) is 0 Å².